The van der Waals surface area contributed by atoms with Gasteiger partial charge in [-0.3, -0.25) is 4.79 Å². The van der Waals surface area contributed by atoms with Crippen molar-refractivity contribution >= 4 is 21.8 Å². The number of aromatic amines is 1. The van der Waals surface area contributed by atoms with E-state index in [0.29, 0.717) is 24.5 Å². The maximum atomic E-state index is 11.8. The summed E-state index contributed by atoms with van der Waals surface area (Å²) in [6.07, 6.45) is 0. The lowest BCUT2D eigenvalue weighted by Gasteiger charge is -2.10. The van der Waals surface area contributed by atoms with E-state index in [2.05, 4.69) is 9.97 Å². The number of H-pyrrole nitrogens is 1. The summed E-state index contributed by atoms with van der Waals surface area (Å²) < 4.78 is 11.9. The molecule has 0 bridgehead atoms. The van der Waals surface area contributed by atoms with Gasteiger partial charge in [-0.2, -0.15) is 5.26 Å². The molecule has 3 aromatic carbocycles. The Morgan fingerprint density at radius 3 is 2.58 bits per heavy atom. The fraction of sp³-hybridized carbons (Fsp3) is 0.0741. The highest BCUT2D eigenvalue weighted by Crippen LogP contribution is 2.22. The minimum atomic E-state index is -0.394. The first kappa shape index (κ1) is 20.3. The molecule has 160 valence electrons. The first-order valence-electron chi connectivity index (χ1n) is 10.4. The van der Waals surface area contributed by atoms with Gasteiger partial charge < -0.3 is 14.5 Å². The Morgan fingerprint density at radius 2 is 1.67 bits per heavy atom. The molecule has 0 unspecified atom stereocenters. The summed E-state index contributed by atoms with van der Waals surface area (Å²) in [7, 11) is 0. The lowest BCUT2D eigenvalue weighted by Crippen LogP contribution is -2.09. The van der Waals surface area contributed by atoms with Gasteiger partial charge in [-0.25, -0.2) is 4.98 Å². The van der Waals surface area contributed by atoms with Gasteiger partial charge >= 0.3 is 0 Å². The maximum Gasteiger partial charge on any atom is 0.266 e. The van der Waals surface area contributed by atoms with Crippen molar-refractivity contribution in [1.82, 2.24) is 9.97 Å². The zero-order valence-electron chi connectivity index (χ0n) is 17.6. The molecule has 2 heterocycles. The van der Waals surface area contributed by atoms with Gasteiger partial charge in [-0.15, -0.1) is 0 Å². The quantitative estimate of drug-likeness (QED) is 0.402. The highest BCUT2D eigenvalue weighted by Gasteiger charge is 2.05. The van der Waals surface area contributed by atoms with Crippen LogP contribution in [0.1, 0.15) is 16.8 Å². The molecule has 0 fully saturated rings. The molecular formula is C27H19N3O3. The summed E-state index contributed by atoms with van der Waals surface area (Å²) in [6, 6.07) is 28.6. The lowest BCUT2D eigenvalue weighted by molar-refractivity contribution is 0.293. The van der Waals surface area contributed by atoms with Crippen molar-refractivity contribution in [2.45, 2.75) is 13.2 Å². The standard InChI is InChI=1S/C27H19N3O3/c28-15-21-13-20-14-24(10-11-26(20)30-27(21)31)32-16-18-4-3-6-23(12-18)33-17-22-9-8-19-5-1-2-7-25(19)29-22/h1-14H,16-17H2,(H,30,31). The molecule has 0 aliphatic rings. The Labute approximate surface area is 189 Å². The molecule has 0 radical (unpaired) electrons. The van der Waals surface area contributed by atoms with Gasteiger partial charge in [-0.1, -0.05) is 36.4 Å². The van der Waals surface area contributed by atoms with E-state index in [1.807, 2.05) is 66.7 Å². The van der Waals surface area contributed by atoms with Crippen LogP contribution in [0.25, 0.3) is 21.8 Å². The molecule has 0 saturated carbocycles. The third-order valence-electron chi connectivity index (χ3n) is 5.28. The molecule has 0 aliphatic heterocycles. The third-order valence-corrected chi connectivity index (χ3v) is 5.28. The average molecular weight is 433 g/mol. The monoisotopic (exact) mass is 433 g/mol. The summed E-state index contributed by atoms with van der Waals surface area (Å²) in [5.41, 5.74) is 3.10. The van der Waals surface area contributed by atoms with Crippen molar-refractivity contribution in [1.29, 1.82) is 5.26 Å². The number of benzene rings is 3. The molecule has 0 amide bonds. The van der Waals surface area contributed by atoms with Crippen LogP contribution in [0.4, 0.5) is 0 Å². The van der Waals surface area contributed by atoms with Gasteiger partial charge in [0.1, 0.15) is 36.3 Å². The first-order valence-corrected chi connectivity index (χ1v) is 10.4. The minimum Gasteiger partial charge on any atom is -0.489 e. The number of fused-ring (bicyclic) bond motifs is 2. The number of nitriles is 1. The lowest BCUT2D eigenvalue weighted by atomic mass is 10.1. The Bertz CT molecular complexity index is 1570. The molecule has 6 heteroatoms. The van der Waals surface area contributed by atoms with E-state index in [4.69, 9.17) is 14.7 Å². The van der Waals surface area contributed by atoms with Gasteiger partial charge in [-0.05, 0) is 54.1 Å². The van der Waals surface area contributed by atoms with E-state index in [1.54, 1.807) is 24.3 Å². The number of hydrogen-bond acceptors (Lipinski definition) is 5. The van der Waals surface area contributed by atoms with Crippen LogP contribution in [-0.4, -0.2) is 9.97 Å². The van der Waals surface area contributed by atoms with E-state index >= 15 is 0 Å². The second kappa shape index (κ2) is 8.85. The Hall–Kier alpha value is -4.63. The van der Waals surface area contributed by atoms with Gasteiger partial charge in [0.05, 0.1) is 11.2 Å². The van der Waals surface area contributed by atoms with Gasteiger partial charge in [0.25, 0.3) is 5.56 Å². The topological polar surface area (TPSA) is 88.0 Å². The maximum absolute atomic E-state index is 11.8. The van der Waals surface area contributed by atoms with Crippen LogP contribution < -0.4 is 15.0 Å². The highest BCUT2D eigenvalue weighted by atomic mass is 16.5. The van der Waals surface area contributed by atoms with E-state index in [-0.39, 0.29) is 5.56 Å². The fourth-order valence-electron chi connectivity index (χ4n) is 3.60. The zero-order valence-corrected chi connectivity index (χ0v) is 17.6. The molecule has 0 aliphatic carbocycles. The zero-order chi connectivity index (χ0) is 22.6. The first-order chi connectivity index (χ1) is 16.2. The smallest absolute Gasteiger partial charge is 0.266 e. The molecule has 2 aromatic heterocycles. The summed E-state index contributed by atoms with van der Waals surface area (Å²) in [6.45, 7) is 0.727. The van der Waals surface area contributed by atoms with Gasteiger partial charge in [0, 0.05) is 16.3 Å². The molecule has 5 aromatic rings. The van der Waals surface area contributed by atoms with Crippen molar-refractivity contribution in [3.05, 3.63) is 112 Å². The van der Waals surface area contributed by atoms with Crippen molar-refractivity contribution in [2.24, 2.45) is 0 Å². The van der Waals surface area contributed by atoms with Crippen molar-refractivity contribution < 1.29 is 9.47 Å². The molecule has 1 N–H and O–H groups in total. The van der Waals surface area contributed by atoms with Gasteiger partial charge in [0.2, 0.25) is 0 Å². The number of nitrogens with one attached hydrogen (secondary N) is 1. The van der Waals surface area contributed by atoms with Gasteiger partial charge in [0.15, 0.2) is 0 Å². The van der Waals surface area contributed by atoms with Crippen LogP contribution in [0, 0.1) is 11.3 Å². The molecule has 6 nitrogen and oxygen atoms in total. The number of hydrogen-bond donors (Lipinski definition) is 1. The molecule has 0 saturated heterocycles. The Balaban J connectivity index is 1.26. The van der Waals surface area contributed by atoms with Crippen molar-refractivity contribution in [3.8, 4) is 17.6 Å². The SMILES string of the molecule is N#Cc1cc2cc(OCc3cccc(OCc4ccc5ccccc5n4)c3)ccc2[nH]c1=O. The van der Waals surface area contributed by atoms with Crippen LogP contribution in [0.2, 0.25) is 0 Å². The number of para-hydroxylation sites is 1. The van der Waals surface area contributed by atoms with E-state index in [1.165, 1.54) is 0 Å². The Kier molecular flexibility index (Phi) is 5.44. The van der Waals surface area contributed by atoms with Crippen LogP contribution >= 0.6 is 0 Å². The summed E-state index contributed by atoms with van der Waals surface area (Å²) in [5, 5.41) is 10.9. The molecule has 33 heavy (non-hydrogen) atoms. The van der Waals surface area contributed by atoms with Crippen LogP contribution in [0.3, 0.4) is 0 Å². The van der Waals surface area contributed by atoms with Crippen molar-refractivity contribution in [3.63, 3.8) is 0 Å². The number of pyridine rings is 2. The number of aromatic nitrogens is 2. The van der Waals surface area contributed by atoms with E-state index in [9.17, 15) is 4.79 Å². The largest absolute Gasteiger partial charge is 0.489 e. The molecule has 5 rings (SSSR count). The normalized spacial score (nSPS) is 10.8. The third kappa shape index (κ3) is 4.53. The fourth-order valence-corrected chi connectivity index (χ4v) is 3.60. The van der Waals surface area contributed by atoms with E-state index in [0.717, 1.165) is 33.3 Å². The number of rotatable bonds is 6. The second-order valence-electron chi connectivity index (χ2n) is 7.59. The average Bonchev–Trinajstić information content (AvgIpc) is 2.86. The number of nitrogens with zero attached hydrogens (tertiary/aromatic N) is 2. The van der Waals surface area contributed by atoms with Crippen LogP contribution in [-0.2, 0) is 13.2 Å². The predicted molar refractivity (Wildman–Crippen MR) is 126 cm³/mol. The van der Waals surface area contributed by atoms with Crippen molar-refractivity contribution in [2.75, 3.05) is 0 Å². The highest BCUT2D eigenvalue weighted by molar-refractivity contribution is 5.81. The molecule has 0 atom stereocenters. The number of ether oxygens (including phenoxy) is 2. The molecular weight excluding hydrogens is 414 g/mol. The van der Waals surface area contributed by atoms with Crippen LogP contribution in [0.15, 0.2) is 89.7 Å². The minimum absolute atomic E-state index is 0.0744. The Morgan fingerprint density at radius 1 is 0.818 bits per heavy atom. The summed E-state index contributed by atoms with van der Waals surface area (Å²) >= 11 is 0. The second-order valence-corrected chi connectivity index (χ2v) is 7.59. The van der Waals surface area contributed by atoms with E-state index < -0.39 is 5.56 Å². The summed E-state index contributed by atoms with van der Waals surface area (Å²) in [5.74, 6) is 1.38. The van der Waals surface area contributed by atoms with Crippen LogP contribution in [0.5, 0.6) is 11.5 Å². The molecule has 0 spiro atoms. The summed E-state index contributed by atoms with van der Waals surface area (Å²) in [4.78, 5) is 19.1. The predicted octanol–water partition coefficient (Wildman–Crippen LogP) is 5.11.